The van der Waals surface area contributed by atoms with Crippen molar-refractivity contribution in [2.24, 2.45) is 5.41 Å². The van der Waals surface area contributed by atoms with Crippen molar-refractivity contribution in [3.05, 3.63) is 11.8 Å². The molecule has 0 amide bonds. The van der Waals surface area contributed by atoms with Crippen LogP contribution in [0.2, 0.25) is 0 Å². The topological polar surface area (TPSA) is 30.5 Å². The molecule has 88 valence electrons. The van der Waals surface area contributed by atoms with Crippen molar-refractivity contribution in [1.82, 2.24) is 5.32 Å². The lowest BCUT2D eigenvalue weighted by Gasteiger charge is -2.36. The Balaban J connectivity index is 2.79. The first-order chi connectivity index (χ1) is 7.00. The maximum absolute atomic E-state index is 5.60. The van der Waals surface area contributed by atoms with Crippen LogP contribution >= 0.6 is 0 Å². The average Bonchev–Trinajstić information content (AvgIpc) is 2.64. The minimum absolute atomic E-state index is 0.0925. The summed E-state index contributed by atoms with van der Waals surface area (Å²) < 4.78 is 11.2. The van der Waals surface area contributed by atoms with E-state index in [1.54, 1.807) is 7.11 Å². The van der Waals surface area contributed by atoms with Crippen LogP contribution in [0, 0.1) is 5.41 Å². The molecule has 0 fully saturated rings. The lowest BCUT2D eigenvalue weighted by atomic mass is 9.83. The van der Waals surface area contributed by atoms with Gasteiger partial charge in [0, 0.05) is 13.5 Å². The van der Waals surface area contributed by atoms with Crippen molar-refractivity contribution in [2.75, 3.05) is 20.8 Å². The third kappa shape index (κ3) is 2.95. The largest absolute Gasteiger partial charge is 0.496 e. The van der Waals surface area contributed by atoms with E-state index in [9.17, 15) is 0 Å². The molecular weight excluding hydrogens is 190 g/mol. The third-order valence-corrected chi connectivity index (χ3v) is 2.76. The molecule has 0 aliphatic carbocycles. The molecule has 2 atom stereocenters. The number of likely N-dealkylation sites (N-methyl/N-ethyl adjacent to an activating group) is 1. The lowest BCUT2D eigenvalue weighted by molar-refractivity contribution is -0.0127. The molecule has 0 spiro atoms. The van der Waals surface area contributed by atoms with Crippen LogP contribution in [0.25, 0.3) is 0 Å². The summed E-state index contributed by atoms with van der Waals surface area (Å²) in [5, 5.41) is 3.28. The van der Waals surface area contributed by atoms with Crippen LogP contribution in [-0.2, 0) is 9.47 Å². The third-order valence-electron chi connectivity index (χ3n) is 2.76. The first-order valence-electron chi connectivity index (χ1n) is 5.53. The maximum atomic E-state index is 5.60. The Labute approximate surface area is 92.8 Å². The Hall–Kier alpha value is -0.540. The Bertz CT molecular complexity index is 230. The molecule has 1 rings (SSSR count). The second-order valence-corrected chi connectivity index (χ2v) is 5.03. The number of hydrogen-bond donors (Lipinski definition) is 1. The smallest absolute Gasteiger partial charge is 0.112 e. The van der Waals surface area contributed by atoms with Crippen LogP contribution in [0.4, 0.5) is 0 Å². The fourth-order valence-electron chi connectivity index (χ4n) is 2.09. The SMILES string of the molecule is CNC(C1=CCCO1)C(OC)C(C)(C)C. The van der Waals surface area contributed by atoms with Crippen LogP contribution in [0.3, 0.4) is 0 Å². The van der Waals surface area contributed by atoms with Crippen molar-refractivity contribution < 1.29 is 9.47 Å². The number of rotatable bonds is 4. The van der Waals surface area contributed by atoms with E-state index < -0.39 is 0 Å². The van der Waals surface area contributed by atoms with Crippen LogP contribution in [-0.4, -0.2) is 32.9 Å². The van der Waals surface area contributed by atoms with Gasteiger partial charge in [-0.3, -0.25) is 0 Å². The van der Waals surface area contributed by atoms with Crippen molar-refractivity contribution in [1.29, 1.82) is 0 Å². The number of hydrogen-bond acceptors (Lipinski definition) is 3. The van der Waals surface area contributed by atoms with Gasteiger partial charge in [-0.1, -0.05) is 20.8 Å². The minimum atomic E-state index is 0.0925. The predicted octanol–water partition coefficient (Wildman–Crippen LogP) is 1.94. The molecule has 15 heavy (non-hydrogen) atoms. The van der Waals surface area contributed by atoms with Crippen molar-refractivity contribution in [2.45, 2.75) is 39.3 Å². The zero-order valence-electron chi connectivity index (χ0n) is 10.5. The van der Waals surface area contributed by atoms with Crippen molar-refractivity contribution >= 4 is 0 Å². The highest BCUT2D eigenvalue weighted by Gasteiger charge is 2.35. The fraction of sp³-hybridized carbons (Fsp3) is 0.833. The quantitative estimate of drug-likeness (QED) is 0.774. The second-order valence-electron chi connectivity index (χ2n) is 5.03. The van der Waals surface area contributed by atoms with Gasteiger partial charge in [0.15, 0.2) is 0 Å². The van der Waals surface area contributed by atoms with Gasteiger partial charge in [-0.15, -0.1) is 0 Å². The molecule has 0 aromatic carbocycles. The van der Waals surface area contributed by atoms with E-state index in [0.717, 1.165) is 18.8 Å². The first-order valence-corrected chi connectivity index (χ1v) is 5.53. The Morgan fingerprint density at radius 1 is 1.47 bits per heavy atom. The standard InChI is InChI=1S/C12H23NO2/c1-12(2,3)11(14-5)10(13-4)9-7-6-8-15-9/h7,10-11,13H,6,8H2,1-5H3. The molecule has 0 bridgehead atoms. The van der Waals surface area contributed by atoms with Crippen LogP contribution in [0.15, 0.2) is 11.8 Å². The number of nitrogens with one attached hydrogen (secondary N) is 1. The first kappa shape index (κ1) is 12.5. The molecule has 0 aromatic rings. The van der Waals surface area contributed by atoms with E-state index in [4.69, 9.17) is 9.47 Å². The van der Waals surface area contributed by atoms with Gasteiger partial charge in [0.25, 0.3) is 0 Å². The van der Waals surface area contributed by atoms with Crippen LogP contribution < -0.4 is 5.32 Å². The summed E-state index contributed by atoms with van der Waals surface area (Å²) in [6.07, 6.45) is 3.28. The summed E-state index contributed by atoms with van der Waals surface area (Å²) in [5.41, 5.74) is 0.0925. The lowest BCUT2D eigenvalue weighted by Crippen LogP contribution is -2.47. The molecule has 3 heteroatoms. The Morgan fingerprint density at radius 2 is 2.13 bits per heavy atom. The van der Waals surface area contributed by atoms with Gasteiger partial charge in [0.05, 0.1) is 18.8 Å². The zero-order valence-corrected chi connectivity index (χ0v) is 10.5. The molecule has 3 nitrogen and oxygen atoms in total. The summed E-state index contributed by atoms with van der Waals surface area (Å²) in [4.78, 5) is 0. The summed E-state index contributed by atoms with van der Waals surface area (Å²) in [5.74, 6) is 1.03. The van der Waals surface area contributed by atoms with E-state index in [-0.39, 0.29) is 17.6 Å². The average molecular weight is 213 g/mol. The number of ether oxygens (including phenoxy) is 2. The molecule has 0 saturated heterocycles. The summed E-state index contributed by atoms with van der Waals surface area (Å²) in [7, 11) is 3.71. The molecule has 1 aliphatic heterocycles. The molecular formula is C12H23NO2. The highest BCUT2D eigenvalue weighted by molar-refractivity contribution is 5.11. The summed E-state index contributed by atoms with van der Waals surface area (Å²) in [6, 6.07) is 0.150. The maximum Gasteiger partial charge on any atom is 0.112 e. The molecule has 1 N–H and O–H groups in total. The summed E-state index contributed by atoms with van der Waals surface area (Å²) in [6.45, 7) is 7.34. The highest BCUT2D eigenvalue weighted by Crippen LogP contribution is 2.29. The molecule has 2 unspecified atom stereocenters. The van der Waals surface area contributed by atoms with Gasteiger partial charge in [0.2, 0.25) is 0 Å². The van der Waals surface area contributed by atoms with Gasteiger partial charge in [-0.05, 0) is 18.5 Å². The molecule has 0 aromatic heterocycles. The van der Waals surface area contributed by atoms with Gasteiger partial charge in [-0.2, -0.15) is 0 Å². The molecule has 0 radical (unpaired) electrons. The minimum Gasteiger partial charge on any atom is -0.496 e. The van der Waals surface area contributed by atoms with E-state index in [1.807, 2.05) is 7.05 Å². The van der Waals surface area contributed by atoms with E-state index in [1.165, 1.54) is 0 Å². The monoisotopic (exact) mass is 213 g/mol. The number of methoxy groups -OCH3 is 1. The van der Waals surface area contributed by atoms with E-state index in [0.29, 0.717) is 0 Å². The van der Waals surface area contributed by atoms with E-state index in [2.05, 4.69) is 32.2 Å². The fourth-order valence-corrected chi connectivity index (χ4v) is 2.09. The highest BCUT2D eigenvalue weighted by atomic mass is 16.5. The predicted molar refractivity (Wildman–Crippen MR) is 61.8 cm³/mol. The Morgan fingerprint density at radius 3 is 2.47 bits per heavy atom. The summed E-state index contributed by atoms with van der Waals surface area (Å²) >= 11 is 0. The normalized spacial score (nSPS) is 20.7. The zero-order chi connectivity index (χ0) is 11.5. The molecule has 0 saturated carbocycles. The molecule has 1 heterocycles. The van der Waals surface area contributed by atoms with Gasteiger partial charge < -0.3 is 14.8 Å². The van der Waals surface area contributed by atoms with Crippen LogP contribution in [0.5, 0.6) is 0 Å². The van der Waals surface area contributed by atoms with Crippen molar-refractivity contribution in [3.8, 4) is 0 Å². The van der Waals surface area contributed by atoms with E-state index >= 15 is 0 Å². The second kappa shape index (κ2) is 4.99. The van der Waals surface area contributed by atoms with Gasteiger partial charge in [-0.25, -0.2) is 0 Å². The molecule has 1 aliphatic rings. The van der Waals surface area contributed by atoms with Crippen LogP contribution in [0.1, 0.15) is 27.2 Å². The Kier molecular flexibility index (Phi) is 4.17. The van der Waals surface area contributed by atoms with Gasteiger partial charge in [0.1, 0.15) is 5.76 Å². The van der Waals surface area contributed by atoms with Gasteiger partial charge >= 0.3 is 0 Å². The van der Waals surface area contributed by atoms with Crippen molar-refractivity contribution in [3.63, 3.8) is 0 Å².